The van der Waals surface area contributed by atoms with Crippen molar-refractivity contribution in [1.29, 1.82) is 0 Å². The van der Waals surface area contributed by atoms with Gasteiger partial charge in [-0.3, -0.25) is 4.98 Å². The van der Waals surface area contributed by atoms with Crippen molar-refractivity contribution in [2.45, 2.75) is 49.0 Å². The summed E-state index contributed by atoms with van der Waals surface area (Å²) in [5.74, 6) is 3.49. The van der Waals surface area contributed by atoms with Gasteiger partial charge in [0.05, 0.1) is 6.20 Å². The molecule has 0 saturated heterocycles. The van der Waals surface area contributed by atoms with E-state index in [1.54, 1.807) is 24.2 Å². The van der Waals surface area contributed by atoms with E-state index in [0.29, 0.717) is 16.9 Å². The van der Waals surface area contributed by atoms with E-state index < -0.39 is 0 Å². The van der Waals surface area contributed by atoms with E-state index in [1.165, 1.54) is 19.3 Å². The van der Waals surface area contributed by atoms with Gasteiger partial charge in [0.1, 0.15) is 11.5 Å². The predicted molar refractivity (Wildman–Crippen MR) is 100 cm³/mol. The molecule has 3 aromatic rings. The first-order valence-electron chi connectivity index (χ1n) is 9.00. The Bertz CT molecular complexity index is 832. The Morgan fingerprint density at radius 1 is 1.04 bits per heavy atom. The summed E-state index contributed by atoms with van der Waals surface area (Å²) in [5.41, 5.74) is 1.08. The number of hydrogen-bond donors (Lipinski definition) is 0. The number of aromatic nitrogens is 3. The summed E-state index contributed by atoms with van der Waals surface area (Å²) in [4.78, 5) is 4.09. The molecule has 1 aromatic carbocycles. The molecular weight excluding hydrogens is 346 g/mol. The Balaban J connectivity index is 1.41. The largest absolute Gasteiger partial charge is 0.455 e. The van der Waals surface area contributed by atoms with Crippen molar-refractivity contribution in [2.75, 3.05) is 0 Å². The molecule has 0 aliphatic heterocycles. The van der Waals surface area contributed by atoms with Crippen molar-refractivity contribution in [3.63, 3.8) is 0 Å². The number of nitrogens with zero attached hydrogens (tertiary/aromatic N) is 3. The third-order valence-electron chi connectivity index (χ3n) is 4.56. The molecule has 0 amide bonds. The van der Waals surface area contributed by atoms with E-state index in [2.05, 4.69) is 21.2 Å². The van der Waals surface area contributed by atoms with Crippen LogP contribution in [-0.2, 0) is 5.75 Å². The molecule has 1 fully saturated rings. The fourth-order valence-electron chi connectivity index (χ4n) is 3.19. The highest BCUT2D eigenvalue weighted by Crippen LogP contribution is 2.34. The molecule has 1 saturated carbocycles. The molecule has 2 aromatic heterocycles. The SMILES string of the molecule is c1cncc(Oc2ccccc2CSc2nnc(C3CCCCC3)o2)c1. The summed E-state index contributed by atoms with van der Waals surface area (Å²) in [6.07, 6.45) is 9.60. The van der Waals surface area contributed by atoms with Gasteiger partial charge in [-0.15, -0.1) is 10.2 Å². The van der Waals surface area contributed by atoms with Crippen LogP contribution in [0.1, 0.15) is 49.5 Å². The lowest BCUT2D eigenvalue weighted by Crippen LogP contribution is -2.04. The molecule has 2 heterocycles. The first-order valence-corrected chi connectivity index (χ1v) is 9.99. The zero-order valence-electron chi connectivity index (χ0n) is 14.5. The van der Waals surface area contributed by atoms with Crippen LogP contribution in [0.5, 0.6) is 11.5 Å². The molecule has 0 radical (unpaired) electrons. The standard InChI is InChI=1S/C20H21N3O2S/c1-2-7-15(8-3-1)19-22-23-20(25-19)26-14-16-9-4-5-11-18(16)24-17-10-6-12-21-13-17/h4-6,9-13,15H,1-3,7-8,14H2. The molecule has 0 N–H and O–H groups in total. The number of thioether (sulfide) groups is 1. The van der Waals surface area contributed by atoms with Crippen LogP contribution in [0.3, 0.4) is 0 Å². The van der Waals surface area contributed by atoms with Crippen LogP contribution in [0.2, 0.25) is 0 Å². The first kappa shape index (κ1) is 17.1. The molecule has 0 unspecified atom stereocenters. The maximum Gasteiger partial charge on any atom is 0.276 e. The molecule has 0 atom stereocenters. The highest BCUT2D eigenvalue weighted by atomic mass is 32.2. The van der Waals surface area contributed by atoms with Gasteiger partial charge in [-0.1, -0.05) is 49.2 Å². The second-order valence-electron chi connectivity index (χ2n) is 6.43. The van der Waals surface area contributed by atoms with Crippen LogP contribution < -0.4 is 4.74 Å². The summed E-state index contributed by atoms with van der Waals surface area (Å²) < 4.78 is 11.8. The minimum Gasteiger partial charge on any atom is -0.455 e. The van der Waals surface area contributed by atoms with Crippen molar-refractivity contribution in [1.82, 2.24) is 15.2 Å². The zero-order valence-corrected chi connectivity index (χ0v) is 15.3. The third-order valence-corrected chi connectivity index (χ3v) is 5.43. The van der Waals surface area contributed by atoms with Gasteiger partial charge in [0, 0.05) is 23.4 Å². The molecule has 0 spiro atoms. The monoisotopic (exact) mass is 367 g/mol. The number of hydrogen-bond acceptors (Lipinski definition) is 6. The van der Waals surface area contributed by atoms with E-state index in [1.807, 2.05) is 30.3 Å². The Morgan fingerprint density at radius 3 is 2.77 bits per heavy atom. The van der Waals surface area contributed by atoms with Crippen molar-refractivity contribution in [3.8, 4) is 11.5 Å². The molecular formula is C20H21N3O2S. The van der Waals surface area contributed by atoms with Crippen LogP contribution in [0.25, 0.3) is 0 Å². The maximum atomic E-state index is 5.96. The topological polar surface area (TPSA) is 61.0 Å². The lowest BCUT2D eigenvalue weighted by molar-refractivity contribution is 0.334. The van der Waals surface area contributed by atoms with E-state index >= 15 is 0 Å². The quantitative estimate of drug-likeness (QED) is 0.529. The summed E-state index contributed by atoms with van der Waals surface area (Å²) in [6.45, 7) is 0. The normalized spacial score (nSPS) is 15.1. The maximum absolute atomic E-state index is 5.96. The van der Waals surface area contributed by atoms with Crippen LogP contribution in [0.15, 0.2) is 58.4 Å². The number of benzene rings is 1. The Kier molecular flexibility index (Phi) is 5.50. The van der Waals surface area contributed by atoms with Gasteiger partial charge in [-0.2, -0.15) is 0 Å². The van der Waals surface area contributed by atoms with Gasteiger partial charge in [0.15, 0.2) is 0 Å². The van der Waals surface area contributed by atoms with Crippen LogP contribution in [-0.4, -0.2) is 15.2 Å². The van der Waals surface area contributed by atoms with E-state index in [4.69, 9.17) is 9.15 Å². The lowest BCUT2D eigenvalue weighted by Gasteiger charge is -2.17. The summed E-state index contributed by atoms with van der Waals surface area (Å²) in [5, 5.41) is 9.11. The van der Waals surface area contributed by atoms with E-state index in [9.17, 15) is 0 Å². The van der Waals surface area contributed by atoms with Gasteiger partial charge in [-0.05, 0) is 31.0 Å². The fraction of sp³-hybridized carbons (Fsp3) is 0.350. The average Bonchev–Trinajstić information content (AvgIpc) is 3.18. The van der Waals surface area contributed by atoms with Crippen molar-refractivity contribution >= 4 is 11.8 Å². The molecule has 134 valence electrons. The minimum atomic E-state index is 0.437. The molecule has 5 nitrogen and oxygen atoms in total. The van der Waals surface area contributed by atoms with Gasteiger partial charge in [0.25, 0.3) is 5.22 Å². The number of ether oxygens (including phenoxy) is 1. The predicted octanol–water partition coefficient (Wildman–Crippen LogP) is 5.60. The number of pyridine rings is 1. The molecule has 6 heteroatoms. The minimum absolute atomic E-state index is 0.437. The Morgan fingerprint density at radius 2 is 1.92 bits per heavy atom. The molecule has 1 aliphatic carbocycles. The summed E-state index contributed by atoms with van der Waals surface area (Å²) in [7, 11) is 0. The van der Waals surface area contributed by atoms with Crippen molar-refractivity contribution in [3.05, 3.63) is 60.2 Å². The van der Waals surface area contributed by atoms with E-state index in [0.717, 1.165) is 35.8 Å². The molecule has 4 rings (SSSR count). The van der Waals surface area contributed by atoms with Gasteiger partial charge < -0.3 is 9.15 Å². The van der Waals surface area contributed by atoms with Crippen LogP contribution >= 0.6 is 11.8 Å². The van der Waals surface area contributed by atoms with E-state index in [-0.39, 0.29) is 0 Å². The smallest absolute Gasteiger partial charge is 0.276 e. The molecule has 26 heavy (non-hydrogen) atoms. The van der Waals surface area contributed by atoms with Crippen molar-refractivity contribution in [2.24, 2.45) is 0 Å². The Labute approximate surface area is 157 Å². The zero-order chi connectivity index (χ0) is 17.6. The number of rotatable bonds is 6. The molecule has 1 aliphatic rings. The fourth-order valence-corrected chi connectivity index (χ4v) is 3.95. The lowest BCUT2D eigenvalue weighted by atomic mass is 9.89. The van der Waals surface area contributed by atoms with Gasteiger partial charge in [0.2, 0.25) is 5.89 Å². The second-order valence-corrected chi connectivity index (χ2v) is 7.35. The summed E-state index contributed by atoms with van der Waals surface area (Å²) >= 11 is 1.55. The third kappa shape index (κ3) is 4.25. The van der Waals surface area contributed by atoms with Crippen molar-refractivity contribution < 1.29 is 9.15 Å². The average molecular weight is 367 g/mol. The molecule has 0 bridgehead atoms. The van der Waals surface area contributed by atoms with Crippen LogP contribution in [0, 0.1) is 0 Å². The highest BCUT2D eigenvalue weighted by molar-refractivity contribution is 7.98. The van der Waals surface area contributed by atoms with Gasteiger partial charge >= 0.3 is 0 Å². The highest BCUT2D eigenvalue weighted by Gasteiger charge is 2.21. The van der Waals surface area contributed by atoms with Gasteiger partial charge in [-0.25, -0.2) is 0 Å². The second kappa shape index (κ2) is 8.36. The Hall–Kier alpha value is -2.34. The first-order chi connectivity index (χ1) is 12.9. The number of para-hydroxylation sites is 1. The van der Waals surface area contributed by atoms with Crippen LogP contribution in [0.4, 0.5) is 0 Å². The summed E-state index contributed by atoms with van der Waals surface area (Å²) in [6, 6.07) is 11.7.